The number of oxime groups is 1. The lowest BCUT2D eigenvalue weighted by atomic mass is 10.0. The molecule has 2 aliphatic rings. The predicted molar refractivity (Wildman–Crippen MR) is 79.9 cm³/mol. The smallest absolute Gasteiger partial charge is 0.272 e. The van der Waals surface area contributed by atoms with E-state index in [-0.39, 0.29) is 5.70 Å². The van der Waals surface area contributed by atoms with Crippen molar-refractivity contribution >= 4 is 5.71 Å². The van der Waals surface area contributed by atoms with Gasteiger partial charge < -0.3 is 5.32 Å². The summed E-state index contributed by atoms with van der Waals surface area (Å²) >= 11 is 0. The van der Waals surface area contributed by atoms with Gasteiger partial charge in [0.1, 0.15) is 5.71 Å². The van der Waals surface area contributed by atoms with Gasteiger partial charge in [-0.2, -0.15) is 0 Å². The van der Waals surface area contributed by atoms with Gasteiger partial charge in [-0.15, -0.1) is 5.48 Å². The lowest BCUT2D eigenvalue weighted by Crippen LogP contribution is -2.40. The summed E-state index contributed by atoms with van der Waals surface area (Å²) in [6, 6.07) is -0.589. The molecule has 1 unspecified atom stereocenters. The van der Waals surface area contributed by atoms with Crippen molar-refractivity contribution < 1.29 is 9.86 Å². The highest BCUT2D eigenvalue weighted by atomic mass is 16.8. The highest BCUT2D eigenvalue weighted by Crippen LogP contribution is 2.20. The third-order valence-electron chi connectivity index (χ3n) is 3.56. The number of hydroxylamine groups is 1. The first-order valence-electron chi connectivity index (χ1n) is 7.39. The molecule has 0 aromatic carbocycles. The van der Waals surface area contributed by atoms with E-state index in [0.717, 1.165) is 24.6 Å². The van der Waals surface area contributed by atoms with Gasteiger partial charge in [0.2, 0.25) is 0 Å². The molecule has 0 aromatic rings. The largest absolute Gasteiger partial charge is 0.383 e. The second-order valence-corrected chi connectivity index (χ2v) is 5.72. The van der Waals surface area contributed by atoms with Crippen molar-refractivity contribution in [2.45, 2.75) is 45.6 Å². The van der Waals surface area contributed by atoms with Crippen LogP contribution in [0.15, 0.2) is 28.7 Å². The van der Waals surface area contributed by atoms with Gasteiger partial charge in [-0.25, -0.2) is 0 Å². The highest BCUT2D eigenvalue weighted by Gasteiger charge is 2.38. The van der Waals surface area contributed by atoms with E-state index in [1.807, 2.05) is 0 Å². The Morgan fingerprint density at radius 2 is 2.24 bits per heavy atom. The molecule has 1 heterocycles. The summed E-state index contributed by atoms with van der Waals surface area (Å²) in [4.78, 5) is 15.3. The standard InChI is InChI=1S/C14H22N4O3/c1-10(2)6-4-3-5-9-15-11-7-8-12(18(19)20)14-13(11)16-21-17-14/h7-8,10,14-15,17H,3-6,9H2,1-2H3. The molecule has 21 heavy (non-hydrogen) atoms. The van der Waals surface area contributed by atoms with Crippen molar-refractivity contribution in [1.82, 2.24) is 10.8 Å². The first-order valence-corrected chi connectivity index (χ1v) is 7.39. The fourth-order valence-electron chi connectivity index (χ4n) is 2.39. The van der Waals surface area contributed by atoms with Crippen LogP contribution in [0, 0.1) is 16.0 Å². The Bertz CT molecular complexity index is 483. The highest BCUT2D eigenvalue weighted by molar-refractivity contribution is 6.06. The zero-order valence-corrected chi connectivity index (χ0v) is 12.5. The van der Waals surface area contributed by atoms with Gasteiger partial charge in [0.25, 0.3) is 5.70 Å². The number of nitrogens with one attached hydrogen (secondary N) is 2. The first-order chi connectivity index (χ1) is 10.1. The van der Waals surface area contributed by atoms with Crippen LogP contribution in [0.1, 0.15) is 39.5 Å². The summed E-state index contributed by atoms with van der Waals surface area (Å²) in [5.41, 5.74) is 3.94. The lowest BCUT2D eigenvalue weighted by Gasteiger charge is -2.16. The summed E-state index contributed by atoms with van der Waals surface area (Å²) in [7, 11) is 0. The quantitative estimate of drug-likeness (QED) is 0.406. The second kappa shape index (κ2) is 7.21. The zero-order chi connectivity index (χ0) is 15.2. The van der Waals surface area contributed by atoms with Crippen LogP contribution in [-0.2, 0) is 4.94 Å². The maximum Gasteiger partial charge on any atom is 0.272 e. The molecule has 0 aromatic heterocycles. The van der Waals surface area contributed by atoms with Crippen LogP contribution in [0.25, 0.3) is 0 Å². The van der Waals surface area contributed by atoms with E-state index >= 15 is 0 Å². The molecular formula is C14H22N4O3. The Kier molecular flexibility index (Phi) is 5.32. The van der Waals surface area contributed by atoms with Crippen molar-refractivity contribution in [3.63, 3.8) is 0 Å². The summed E-state index contributed by atoms with van der Waals surface area (Å²) in [5, 5.41) is 18.1. The molecule has 0 spiro atoms. The zero-order valence-electron chi connectivity index (χ0n) is 12.5. The summed E-state index contributed by atoms with van der Waals surface area (Å²) in [6.07, 6.45) is 7.92. The van der Waals surface area contributed by atoms with Crippen LogP contribution < -0.4 is 10.8 Å². The van der Waals surface area contributed by atoms with Crippen LogP contribution in [0.5, 0.6) is 0 Å². The second-order valence-electron chi connectivity index (χ2n) is 5.72. The Morgan fingerprint density at radius 3 is 2.95 bits per heavy atom. The average Bonchev–Trinajstić information content (AvgIpc) is 2.91. The third-order valence-corrected chi connectivity index (χ3v) is 3.56. The summed E-state index contributed by atoms with van der Waals surface area (Å²) in [6.45, 7) is 5.29. The molecule has 1 aliphatic heterocycles. The molecule has 0 saturated carbocycles. The van der Waals surface area contributed by atoms with Crippen molar-refractivity contribution in [2.24, 2.45) is 11.1 Å². The van der Waals surface area contributed by atoms with Crippen LogP contribution >= 0.6 is 0 Å². The Balaban J connectivity index is 1.82. The Morgan fingerprint density at radius 1 is 1.43 bits per heavy atom. The van der Waals surface area contributed by atoms with Gasteiger partial charge in [-0.3, -0.25) is 15.1 Å². The molecule has 7 heteroatoms. The Hall–Kier alpha value is -1.89. The van der Waals surface area contributed by atoms with Crippen molar-refractivity contribution in [3.05, 3.63) is 33.7 Å². The van der Waals surface area contributed by atoms with E-state index in [1.54, 1.807) is 6.08 Å². The molecular weight excluding hydrogens is 272 g/mol. The number of hydrogen-bond donors (Lipinski definition) is 2. The normalized spacial score (nSPS) is 20.3. The number of fused-ring (bicyclic) bond motifs is 1. The van der Waals surface area contributed by atoms with E-state index in [9.17, 15) is 10.1 Å². The molecule has 0 amide bonds. The third kappa shape index (κ3) is 4.04. The first kappa shape index (κ1) is 15.5. The predicted octanol–water partition coefficient (Wildman–Crippen LogP) is 2.11. The van der Waals surface area contributed by atoms with E-state index in [0.29, 0.717) is 5.71 Å². The summed E-state index contributed by atoms with van der Waals surface area (Å²) < 4.78 is 0. The van der Waals surface area contributed by atoms with E-state index in [1.165, 1.54) is 25.3 Å². The van der Waals surface area contributed by atoms with Crippen LogP contribution in [-0.4, -0.2) is 23.2 Å². The van der Waals surface area contributed by atoms with Gasteiger partial charge >= 0.3 is 0 Å². The fraction of sp³-hybridized carbons (Fsp3) is 0.643. The minimum atomic E-state index is -0.589. The molecule has 0 radical (unpaired) electrons. The van der Waals surface area contributed by atoms with Crippen molar-refractivity contribution in [2.75, 3.05) is 6.54 Å². The number of unbranched alkanes of at least 4 members (excludes halogenated alkanes) is 2. The minimum Gasteiger partial charge on any atom is -0.383 e. The molecule has 0 fully saturated rings. The molecule has 1 atom stereocenters. The van der Waals surface area contributed by atoms with E-state index < -0.39 is 11.0 Å². The number of hydrogen-bond acceptors (Lipinski definition) is 6. The van der Waals surface area contributed by atoms with Gasteiger partial charge in [0.15, 0.2) is 6.04 Å². The van der Waals surface area contributed by atoms with Crippen molar-refractivity contribution in [3.8, 4) is 0 Å². The van der Waals surface area contributed by atoms with Gasteiger partial charge in [0, 0.05) is 12.6 Å². The number of nitrogens with zero attached hydrogens (tertiary/aromatic N) is 2. The summed E-state index contributed by atoms with van der Waals surface area (Å²) in [5.74, 6) is 0.751. The molecule has 2 N–H and O–H groups in total. The molecule has 0 saturated heterocycles. The molecule has 7 nitrogen and oxygen atoms in total. The van der Waals surface area contributed by atoms with E-state index in [2.05, 4.69) is 29.8 Å². The number of nitro groups is 1. The molecule has 2 rings (SSSR count). The van der Waals surface area contributed by atoms with Gasteiger partial charge in [-0.05, 0) is 18.4 Å². The Labute approximate surface area is 124 Å². The van der Waals surface area contributed by atoms with Gasteiger partial charge in [0.05, 0.1) is 10.6 Å². The van der Waals surface area contributed by atoms with Crippen LogP contribution in [0.4, 0.5) is 0 Å². The van der Waals surface area contributed by atoms with Crippen LogP contribution in [0.2, 0.25) is 0 Å². The molecule has 1 aliphatic carbocycles. The number of rotatable bonds is 8. The molecule has 116 valence electrons. The monoisotopic (exact) mass is 294 g/mol. The lowest BCUT2D eigenvalue weighted by molar-refractivity contribution is -0.429. The maximum absolute atomic E-state index is 10.9. The van der Waals surface area contributed by atoms with Crippen LogP contribution in [0.3, 0.4) is 0 Å². The topological polar surface area (TPSA) is 88.8 Å². The average molecular weight is 294 g/mol. The SMILES string of the molecule is CC(C)CCCCCNC1=CC=C([N+](=O)[O-])C2NON=C12. The minimum absolute atomic E-state index is 0.0498. The number of allylic oxidation sites excluding steroid dienone is 2. The van der Waals surface area contributed by atoms with Crippen molar-refractivity contribution in [1.29, 1.82) is 0 Å². The fourth-order valence-corrected chi connectivity index (χ4v) is 2.39. The van der Waals surface area contributed by atoms with E-state index in [4.69, 9.17) is 4.94 Å². The van der Waals surface area contributed by atoms with Gasteiger partial charge in [-0.1, -0.05) is 38.3 Å². The maximum atomic E-state index is 10.9. The molecule has 0 bridgehead atoms.